The summed E-state index contributed by atoms with van der Waals surface area (Å²) >= 11 is 5.98. The van der Waals surface area contributed by atoms with Crippen molar-refractivity contribution in [3.63, 3.8) is 0 Å². The lowest BCUT2D eigenvalue weighted by molar-refractivity contribution is 0.237. The highest BCUT2D eigenvalue weighted by atomic mass is 35.5. The number of fused-ring (bicyclic) bond motifs is 1. The van der Waals surface area contributed by atoms with Crippen LogP contribution in [0.25, 0.3) is 11.2 Å². The van der Waals surface area contributed by atoms with Crippen LogP contribution in [0.2, 0.25) is 0 Å². The van der Waals surface area contributed by atoms with Crippen LogP contribution in [-0.2, 0) is 13.0 Å². The first-order valence-electron chi connectivity index (χ1n) is 8.06. The van der Waals surface area contributed by atoms with Crippen molar-refractivity contribution in [2.75, 3.05) is 5.88 Å². The van der Waals surface area contributed by atoms with Crippen molar-refractivity contribution in [1.82, 2.24) is 14.5 Å². The molecule has 3 nitrogen and oxygen atoms in total. The lowest BCUT2D eigenvalue weighted by Gasteiger charge is -2.28. The van der Waals surface area contributed by atoms with Gasteiger partial charge in [0.05, 0.1) is 0 Å². The van der Waals surface area contributed by atoms with E-state index in [0.717, 1.165) is 35.6 Å². The molecule has 4 heteroatoms. The van der Waals surface area contributed by atoms with Crippen LogP contribution in [0, 0.1) is 12.3 Å². The molecular formula is C17H24ClN3. The van der Waals surface area contributed by atoms with Crippen LogP contribution in [0.4, 0.5) is 0 Å². The average Bonchev–Trinajstić information content (AvgIpc) is 3.07. The number of nitrogens with zero attached hydrogens (tertiary/aromatic N) is 3. The molecule has 1 saturated carbocycles. The molecule has 0 unspecified atom stereocenters. The zero-order valence-corrected chi connectivity index (χ0v) is 13.8. The fourth-order valence-corrected chi connectivity index (χ4v) is 3.84. The van der Waals surface area contributed by atoms with Gasteiger partial charge in [0.15, 0.2) is 5.65 Å². The van der Waals surface area contributed by atoms with Crippen LogP contribution < -0.4 is 0 Å². The molecule has 2 aromatic heterocycles. The zero-order valence-electron chi connectivity index (χ0n) is 13.0. The van der Waals surface area contributed by atoms with Gasteiger partial charge >= 0.3 is 0 Å². The van der Waals surface area contributed by atoms with Gasteiger partial charge in [-0.3, -0.25) is 0 Å². The van der Waals surface area contributed by atoms with Gasteiger partial charge in [-0.05, 0) is 43.7 Å². The number of aryl methyl sites for hydroxylation is 2. The molecule has 0 radical (unpaired) electrons. The predicted molar refractivity (Wildman–Crippen MR) is 87.9 cm³/mol. The van der Waals surface area contributed by atoms with Crippen molar-refractivity contribution in [1.29, 1.82) is 0 Å². The standard InChI is InChI=1S/C17H24ClN3/c1-3-17(9-4-5-10-17)12-21-15(8-11-18)20-14-7-6-13(2)19-16(14)21/h6-7H,3-5,8-12H2,1-2H3. The van der Waals surface area contributed by atoms with Crippen LogP contribution in [0.15, 0.2) is 12.1 Å². The van der Waals surface area contributed by atoms with Crippen molar-refractivity contribution in [2.24, 2.45) is 5.41 Å². The molecule has 0 bridgehead atoms. The monoisotopic (exact) mass is 305 g/mol. The third-order valence-electron chi connectivity index (χ3n) is 5.04. The molecule has 3 rings (SSSR count). The number of alkyl halides is 1. The number of aromatic nitrogens is 3. The molecule has 2 aromatic rings. The van der Waals surface area contributed by atoms with Crippen LogP contribution in [0.5, 0.6) is 0 Å². The highest BCUT2D eigenvalue weighted by Gasteiger charge is 2.33. The Balaban J connectivity index is 2.05. The lowest BCUT2D eigenvalue weighted by atomic mass is 9.83. The predicted octanol–water partition coefficient (Wildman–Crippen LogP) is 4.49. The van der Waals surface area contributed by atoms with Crippen molar-refractivity contribution in [3.8, 4) is 0 Å². The summed E-state index contributed by atoms with van der Waals surface area (Å²) in [6.45, 7) is 5.41. The highest BCUT2D eigenvalue weighted by Crippen LogP contribution is 2.43. The van der Waals surface area contributed by atoms with Crippen molar-refractivity contribution in [3.05, 3.63) is 23.7 Å². The number of pyridine rings is 1. The molecule has 1 fully saturated rings. The number of rotatable bonds is 5. The van der Waals surface area contributed by atoms with E-state index < -0.39 is 0 Å². The summed E-state index contributed by atoms with van der Waals surface area (Å²) < 4.78 is 2.35. The Morgan fingerprint density at radius 2 is 2.00 bits per heavy atom. The largest absolute Gasteiger partial charge is 0.312 e. The molecule has 114 valence electrons. The van der Waals surface area contributed by atoms with E-state index in [-0.39, 0.29) is 0 Å². The van der Waals surface area contributed by atoms with Gasteiger partial charge in [0.2, 0.25) is 0 Å². The van der Waals surface area contributed by atoms with E-state index in [1.165, 1.54) is 32.1 Å². The van der Waals surface area contributed by atoms with Gasteiger partial charge in [-0.15, -0.1) is 11.6 Å². The second kappa shape index (κ2) is 5.96. The molecular weight excluding hydrogens is 282 g/mol. The van der Waals surface area contributed by atoms with Gasteiger partial charge in [-0.25, -0.2) is 9.97 Å². The van der Waals surface area contributed by atoms with Crippen molar-refractivity contribution in [2.45, 2.75) is 58.9 Å². The molecule has 0 aliphatic heterocycles. The minimum Gasteiger partial charge on any atom is -0.312 e. The molecule has 0 N–H and O–H groups in total. The molecule has 0 aromatic carbocycles. The fraction of sp³-hybridized carbons (Fsp3) is 0.647. The summed E-state index contributed by atoms with van der Waals surface area (Å²) in [6.07, 6.45) is 7.43. The second-order valence-corrected chi connectivity index (χ2v) is 6.79. The fourth-order valence-electron chi connectivity index (χ4n) is 3.67. The molecule has 21 heavy (non-hydrogen) atoms. The SMILES string of the molecule is CCC1(Cn2c(CCCl)nc3ccc(C)nc32)CCCC1. The molecule has 0 spiro atoms. The van der Waals surface area contributed by atoms with Gasteiger partial charge in [0.25, 0.3) is 0 Å². The van der Waals surface area contributed by atoms with E-state index in [1.807, 2.05) is 13.0 Å². The second-order valence-electron chi connectivity index (χ2n) is 6.41. The minimum atomic E-state index is 0.431. The molecule has 1 aliphatic carbocycles. The number of hydrogen-bond acceptors (Lipinski definition) is 2. The van der Waals surface area contributed by atoms with Crippen LogP contribution in [0.3, 0.4) is 0 Å². The summed E-state index contributed by atoms with van der Waals surface area (Å²) in [5.74, 6) is 1.71. The van der Waals surface area contributed by atoms with Crippen LogP contribution >= 0.6 is 11.6 Å². The third-order valence-corrected chi connectivity index (χ3v) is 5.23. The van der Waals surface area contributed by atoms with Crippen LogP contribution in [0.1, 0.15) is 50.5 Å². The van der Waals surface area contributed by atoms with E-state index in [1.54, 1.807) is 0 Å². The molecule has 0 atom stereocenters. The maximum atomic E-state index is 5.98. The van der Waals surface area contributed by atoms with Crippen LogP contribution in [-0.4, -0.2) is 20.4 Å². The van der Waals surface area contributed by atoms with Gasteiger partial charge in [-0.2, -0.15) is 0 Å². The summed E-state index contributed by atoms with van der Waals surface area (Å²) in [5.41, 5.74) is 3.53. The first-order chi connectivity index (χ1) is 10.2. The van der Waals surface area contributed by atoms with Crippen molar-refractivity contribution < 1.29 is 0 Å². The zero-order chi connectivity index (χ0) is 14.9. The number of halogens is 1. The van der Waals surface area contributed by atoms with E-state index in [0.29, 0.717) is 11.3 Å². The summed E-state index contributed by atoms with van der Waals surface area (Å²) in [5, 5.41) is 0. The van der Waals surface area contributed by atoms with E-state index in [9.17, 15) is 0 Å². The van der Waals surface area contributed by atoms with E-state index in [2.05, 4.69) is 17.6 Å². The molecule has 0 amide bonds. The maximum Gasteiger partial charge on any atom is 0.160 e. The number of hydrogen-bond donors (Lipinski definition) is 0. The van der Waals surface area contributed by atoms with Gasteiger partial charge in [0, 0.05) is 24.5 Å². The average molecular weight is 306 g/mol. The Labute approximate surface area is 131 Å². The number of imidazole rings is 1. The van der Waals surface area contributed by atoms with Crippen molar-refractivity contribution >= 4 is 22.8 Å². The quantitative estimate of drug-likeness (QED) is 0.762. The van der Waals surface area contributed by atoms with E-state index >= 15 is 0 Å². The Bertz CT molecular complexity index is 626. The Morgan fingerprint density at radius 1 is 1.24 bits per heavy atom. The normalized spacial score (nSPS) is 17.7. The molecule has 2 heterocycles. The topological polar surface area (TPSA) is 30.7 Å². The first-order valence-corrected chi connectivity index (χ1v) is 8.60. The smallest absolute Gasteiger partial charge is 0.160 e. The van der Waals surface area contributed by atoms with Gasteiger partial charge < -0.3 is 4.57 Å². The molecule has 1 aliphatic rings. The van der Waals surface area contributed by atoms with Gasteiger partial charge in [-0.1, -0.05) is 19.8 Å². The Kier molecular flexibility index (Phi) is 4.21. The lowest BCUT2D eigenvalue weighted by Crippen LogP contribution is -2.24. The highest BCUT2D eigenvalue weighted by molar-refractivity contribution is 6.17. The van der Waals surface area contributed by atoms with Gasteiger partial charge in [0.1, 0.15) is 11.3 Å². The Morgan fingerprint density at radius 3 is 2.67 bits per heavy atom. The summed E-state index contributed by atoms with van der Waals surface area (Å²) in [6, 6.07) is 4.12. The third kappa shape index (κ3) is 2.80. The summed E-state index contributed by atoms with van der Waals surface area (Å²) in [4.78, 5) is 9.51. The first kappa shape index (κ1) is 14.8. The minimum absolute atomic E-state index is 0.431. The molecule has 0 saturated heterocycles. The summed E-state index contributed by atoms with van der Waals surface area (Å²) in [7, 11) is 0. The maximum absolute atomic E-state index is 5.98. The van der Waals surface area contributed by atoms with E-state index in [4.69, 9.17) is 21.6 Å². The Hall–Kier alpha value is -1.09.